The third-order valence-electron chi connectivity index (χ3n) is 6.36. The minimum absolute atomic E-state index is 0.0285. The van der Waals surface area contributed by atoms with Gasteiger partial charge in [-0.2, -0.15) is 0 Å². The first-order valence-corrected chi connectivity index (χ1v) is 12.8. The number of Topliss-reactive ketones (excluding diaryl/α,β-unsaturated/α-hetero) is 1. The molecule has 0 radical (unpaired) electrons. The fraction of sp³-hybridized carbons (Fsp3) is 0.194. The number of fused-ring (bicyclic) bond motifs is 1. The van der Waals surface area contributed by atoms with E-state index in [0.29, 0.717) is 12.0 Å². The predicted octanol–water partition coefficient (Wildman–Crippen LogP) is 5.19. The second-order valence-electron chi connectivity index (χ2n) is 9.27. The van der Waals surface area contributed by atoms with Gasteiger partial charge in [0.25, 0.3) is 6.54 Å². The molecular weight excluding hydrogens is 510 g/mol. The summed E-state index contributed by atoms with van der Waals surface area (Å²) in [5.41, 5.74) is 2.35. The van der Waals surface area contributed by atoms with Crippen molar-refractivity contribution >= 4 is 28.7 Å². The van der Waals surface area contributed by atoms with Crippen LogP contribution in [0.2, 0.25) is 0 Å². The zero-order chi connectivity index (χ0) is 28.3. The first-order chi connectivity index (χ1) is 19.4. The van der Waals surface area contributed by atoms with Crippen molar-refractivity contribution in [1.29, 1.82) is 0 Å². The number of rotatable bonds is 11. The lowest BCUT2D eigenvalue weighted by atomic mass is 10.0. The number of hydrogen-bond acceptors (Lipinski definition) is 6. The molecule has 204 valence electrons. The monoisotopic (exact) mass is 539 g/mol. The van der Waals surface area contributed by atoms with E-state index in [1.165, 1.54) is 0 Å². The van der Waals surface area contributed by atoms with Crippen LogP contribution in [0.1, 0.15) is 16.7 Å². The van der Waals surface area contributed by atoms with Crippen molar-refractivity contribution in [2.45, 2.75) is 25.5 Å². The van der Waals surface area contributed by atoms with Gasteiger partial charge in [-0.25, -0.2) is 14.5 Å². The van der Waals surface area contributed by atoms with E-state index in [1.807, 2.05) is 60.7 Å². The lowest BCUT2D eigenvalue weighted by Gasteiger charge is -2.24. The molecule has 9 nitrogen and oxygen atoms in total. The molecule has 9 heteroatoms. The Kier molecular flexibility index (Phi) is 9.55. The maximum atomic E-state index is 13.4. The standard InChI is InChI=1S/C31H29N3O6/c35-29(21-34(38)39)28(20-23-9-3-1-4-10-23)32-30(36)33(31(37)40-22-25-11-5-2-6-12-25)18-17-24-15-16-26-13-7-8-14-27(26)19-24/h1-16,19,28H,17-18,20-22H2,(H,32,36)/t28-/m0/s1. The van der Waals surface area contributed by atoms with Crippen LogP contribution in [0.3, 0.4) is 0 Å². The van der Waals surface area contributed by atoms with E-state index >= 15 is 0 Å². The van der Waals surface area contributed by atoms with Gasteiger partial charge in [-0.1, -0.05) is 103 Å². The number of amides is 3. The van der Waals surface area contributed by atoms with E-state index < -0.39 is 35.4 Å². The molecule has 1 atom stereocenters. The molecule has 4 aromatic carbocycles. The number of hydrogen-bond donors (Lipinski definition) is 1. The highest BCUT2D eigenvalue weighted by Gasteiger charge is 2.30. The van der Waals surface area contributed by atoms with Crippen LogP contribution in [0.25, 0.3) is 10.8 Å². The highest BCUT2D eigenvalue weighted by atomic mass is 16.6. The Morgan fingerprint density at radius 1 is 0.800 bits per heavy atom. The van der Waals surface area contributed by atoms with Gasteiger partial charge in [-0.3, -0.25) is 14.9 Å². The largest absolute Gasteiger partial charge is 0.444 e. The highest BCUT2D eigenvalue weighted by molar-refractivity contribution is 5.95. The Morgan fingerprint density at radius 3 is 2.10 bits per heavy atom. The Bertz CT molecular complexity index is 1480. The average molecular weight is 540 g/mol. The zero-order valence-corrected chi connectivity index (χ0v) is 21.8. The molecule has 0 aliphatic carbocycles. The number of ether oxygens (including phenoxy) is 1. The van der Waals surface area contributed by atoms with Crippen LogP contribution >= 0.6 is 0 Å². The van der Waals surface area contributed by atoms with Crippen LogP contribution in [0.15, 0.2) is 103 Å². The molecule has 1 N–H and O–H groups in total. The Labute approximate surface area is 231 Å². The molecule has 0 saturated heterocycles. The number of urea groups is 1. The number of imide groups is 1. The lowest BCUT2D eigenvalue weighted by molar-refractivity contribution is -0.467. The van der Waals surface area contributed by atoms with E-state index in [-0.39, 0.29) is 19.6 Å². The second kappa shape index (κ2) is 13.7. The van der Waals surface area contributed by atoms with Gasteiger partial charge in [-0.05, 0) is 33.9 Å². The van der Waals surface area contributed by atoms with Gasteiger partial charge >= 0.3 is 12.1 Å². The van der Waals surface area contributed by atoms with Gasteiger partial charge in [0, 0.05) is 17.9 Å². The predicted molar refractivity (Wildman–Crippen MR) is 150 cm³/mol. The fourth-order valence-electron chi connectivity index (χ4n) is 4.27. The maximum absolute atomic E-state index is 13.4. The van der Waals surface area contributed by atoms with Gasteiger partial charge in [0.2, 0.25) is 5.78 Å². The summed E-state index contributed by atoms with van der Waals surface area (Å²) in [6.07, 6.45) is -0.510. The molecule has 0 aliphatic rings. The van der Waals surface area contributed by atoms with Crippen molar-refractivity contribution in [3.8, 4) is 0 Å². The van der Waals surface area contributed by atoms with Gasteiger partial charge in [0.15, 0.2) is 0 Å². The van der Waals surface area contributed by atoms with E-state index in [0.717, 1.165) is 26.8 Å². The number of nitro groups is 1. The molecule has 0 unspecified atom stereocenters. The molecular formula is C31H29N3O6. The minimum Gasteiger partial charge on any atom is -0.444 e. The molecule has 4 rings (SSSR count). The maximum Gasteiger partial charge on any atom is 0.418 e. The quantitative estimate of drug-likeness (QED) is 0.207. The highest BCUT2D eigenvalue weighted by Crippen LogP contribution is 2.17. The molecule has 40 heavy (non-hydrogen) atoms. The Morgan fingerprint density at radius 2 is 1.43 bits per heavy atom. The van der Waals surface area contributed by atoms with Crippen LogP contribution in [0.4, 0.5) is 9.59 Å². The Hall–Kier alpha value is -5.05. The van der Waals surface area contributed by atoms with Gasteiger partial charge in [0.1, 0.15) is 12.6 Å². The summed E-state index contributed by atoms with van der Waals surface area (Å²) in [5, 5.41) is 15.7. The van der Waals surface area contributed by atoms with Crippen molar-refractivity contribution < 1.29 is 24.0 Å². The number of nitrogens with one attached hydrogen (secondary N) is 1. The summed E-state index contributed by atoms with van der Waals surface area (Å²) in [6, 6.07) is 29.5. The molecule has 0 saturated carbocycles. The molecule has 3 amide bonds. The van der Waals surface area contributed by atoms with Crippen LogP contribution in [0.5, 0.6) is 0 Å². The van der Waals surface area contributed by atoms with E-state index in [1.54, 1.807) is 42.5 Å². The van der Waals surface area contributed by atoms with E-state index in [9.17, 15) is 24.5 Å². The topological polar surface area (TPSA) is 119 Å². The van der Waals surface area contributed by atoms with Crippen molar-refractivity contribution in [3.05, 3.63) is 130 Å². The summed E-state index contributed by atoms with van der Waals surface area (Å²) in [4.78, 5) is 50.5. The van der Waals surface area contributed by atoms with Gasteiger partial charge in [-0.15, -0.1) is 0 Å². The van der Waals surface area contributed by atoms with Crippen molar-refractivity contribution in [2.75, 3.05) is 13.1 Å². The average Bonchev–Trinajstić information content (AvgIpc) is 2.96. The molecule has 4 aromatic rings. The number of ketones is 1. The fourth-order valence-corrected chi connectivity index (χ4v) is 4.27. The number of benzene rings is 4. The second-order valence-corrected chi connectivity index (χ2v) is 9.27. The van der Waals surface area contributed by atoms with Crippen LogP contribution in [-0.2, 0) is 29.0 Å². The van der Waals surface area contributed by atoms with Crippen LogP contribution < -0.4 is 5.32 Å². The van der Waals surface area contributed by atoms with Crippen LogP contribution in [0, 0.1) is 10.1 Å². The summed E-state index contributed by atoms with van der Waals surface area (Å²) in [5.74, 6) is -0.769. The van der Waals surface area contributed by atoms with Gasteiger partial charge in [0.05, 0.1) is 0 Å². The lowest BCUT2D eigenvalue weighted by Crippen LogP contribution is -2.52. The first kappa shape index (κ1) is 28.0. The summed E-state index contributed by atoms with van der Waals surface area (Å²) in [6.45, 7) is -1.03. The van der Waals surface area contributed by atoms with Crippen molar-refractivity contribution in [1.82, 2.24) is 10.2 Å². The van der Waals surface area contributed by atoms with E-state index in [2.05, 4.69) is 5.32 Å². The summed E-state index contributed by atoms with van der Waals surface area (Å²) in [7, 11) is 0. The number of carbonyl (C=O) groups excluding carboxylic acids is 3. The van der Waals surface area contributed by atoms with E-state index in [4.69, 9.17) is 4.74 Å². The molecule has 0 fully saturated rings. The number of nitrogens with zero attached hydrogens (tertiary/aromatic N) is 2. The molecule has 0 aliphatic heterocycles. The summed E-state index contributed by atoms with van der Waals surface area (Å²) >= 11 is 0. The minimum atomic E-state index is -1.20. The smallest absolute Gasteiger partial charge is 0.418 e. The molecule has 0 heterocycles. The van der Waals surface area contributed by atoms with Gasteiger partial charge < -0.3 is 10.1 Å². The van der Waals surface area contributed by atoms with Crippen LogP contribution in [-0.4, -0.2) is 46.9 Å². The Balaban J connectivity index is 1.52. The molecule has 0 spiro atoms. The van der Waals surface area contributed by atoms with Crippen molar-refractivity contribution in [3.63, 3.8) is 0 Å². The third-order valence-corrected chi connectivity index (χ3v) is 6.36. The molecule has 0 bridgehead atoms. The zero-order valence-electron chi connectivity index (χ0n) is 21.8. The first-order valence-electron chi connectivity index (χ1n) is 12.8. The summed E-state index contributed by atoms with van der Waals surface area (Å²) < 4.78 is 5.43. The van der Waals surface area contributed by atoms with Crippen molar-refractivity contribution in [2.24, 2.45) is 0 Å². The SMILES string of the molecule is O=C(C[N+](=O)[O-])[C@H](Cc1ccccc1)NC(=O)N(CCc1ccc2ccccc2c1)C(=O)OCc1ccccc1. The number of carbonyl (C=O) groups is 3. The third kappa shape index (κ3) is 7.97. The molecule has 0 aromatic heterocycles. The normalized spacial score (nSPS) is 11.4.